The molecule has 102 valence electrons. The molecule has 0 N–H and O–H groups in total. The molecule has 0 amide bonds. The lowest BCUT2D eigenvalue weighted by atomic mass is 10.3. The quantitative estimate of drug-likeness (QED) is 0.804. The van der Waals surface area contributed by atoms with Crippen molar-refractivity contribution in [1.29, 1.82) is 0 Å². The Morgan fingerprint density at radius 1 is 1.37 bits per heavy atom. The summed E-state index contributed by atoms with van der Waals surface area (Å²) in [7, 11) is 1.95. The zero-order chi connectivity index (χ0) is 13.7. The summed E-state index contributed by atoms with van der Waals surface area (Å²) >= 11 is 0. The Hall–Kier alpha value is -1.88. The Bertz CT molecular complexity index is 528. The fourth-order valence-electron chi connectivity index (χ4n) is 1.71. The van der Waals surface area contributed by atoms with Gasteiger partial charge in [-0.2, -0.15) is 0 Å². The SMILES string of the molecule is Cc1cc(CN(C)CCOc2ccccc2F)on1. The molecular weight excluding hydrogens is 247 g/mol. The largest absolute Gasteiger partial charge is 0.489 e. The highest BCUT2D eigenvalue weighted by Gasteiger charge is 2.06. The van der Waals surface area contributed by atoms with Crippen LogP contribution < -0.4 is 4.74 Å². The van der Waals surface area contributed by atoms with Crippen molar-refractivity contribution in [1.82, 2.24) is 10.1 Å². The molecule has 0 radical (unpaired) electrons. The third-order valence-electron chi connectivity index (χ3n) is 2.67. The van der Waals surface area contributed by atoms with Crippen molar-refractivity contribution in [2.75, 3.05) is 20.2 Å². The zero-order valence-corrected chi connectivity index (χ0v) is 11.1. The molecule has 0 aliphatic carbocycles. The number of benzene rings is 1. The summed E-state index contributed by atoms with van der Waals surface area (Å²) in [5.74, 6) is 0.758. The van der Waals surface area contributed by atoms with Crippen LogP contribution in [0.15, 0.2) is 34.9 Å². The first-order valence-electron chi connectivity index (χ1n) is 6.13. The van der Waals surface area contributed by atoms with Crippen LogP contribution in [-0.4, -0.2) is 30.3 Å². The van der Waals surface area contributed by atoms with Crippen LogP contribution in [0.3, 0.4) is 0 Å². The Labute approximate surface area is 111 Å². The summed E-state index contributed by atoms with van der Waals surface area (Å²) in [5.41, 5.74) is 0.867. The average molecular weight is 264 g/mol. The third kappa shape index (κ3) is 4.06. The standard InChI is InChI=1S/C14H17FN2O2/c1-11-9-12(19-16-11)10-17(2)7-8-18-14-6-4-3-5-13(14)15/h3-6,9H,7-8,10H2,1-2H3. The van der Waals surface area contributed by atoms with Gasteiger partial charge in [0.05, 0.1) is 12.2 Å². The first kappa shape index (κ1) is 13.5. The van der Waals surface area contributed by atoms with Crippen LogP contribution >= 0.6 is 0 Å². The number of aromatic nitrogens is 1. The van der Waals surface area contributed by atoms with Crippen LogP contribution in [-0.2, 0) is 6.54 Å². The molecule has 1 heterocycles. The van der Waals surface area contributed by atoms with Gasteiger partial charge >= 0.3 is 0 Å². The molecule has 0 aliphatic rings. The number of hydrogen-bond donors (Lipinski definition) is 0. The number of hydrogen-bond acceptors (Lipinski definition) is 4. The van der Waals surface area contributed by atoms with Crippen molar-refractivity contribution in [2.45, 2.75) is 13.5 Å². The number of nitrogens with zero attached hydrogens (tertiary/aromatic N) is 2. The lowest BCUT2D eigenvalue weighted by Gasteiger charge is -2.15. The number of aryl methyl sites for hydroxylation is 1. The second-order valence-corrected chi connectivity index (χ2v) is 4.45. The molecule has 1 aromatic carbocycles. The van der Waals surface area contributed by atoms with Gasteiger partial charge in [0, 0.05) is 12.6 Å². The Morgan fingerprint density at radius 3 is 2.84 bits per heavy atom. The summed E-state index contributed by atoms with van der Waals surface area (Å²) in [6, 6.07) is 8.29. The molecule has 2 aromatic rings. The van der Waals surface area contributed by atoms with Gasteiger partial charge in [-0.1, -0.05) is 17.3 Å². The monoisotopic (exact) mass is 264 g/mol. The van der Waals surface area contributed by atoms with E-state index in [0.717, 1.165) is 11.5 Å². The molecule has 0 saturated carbocycles. The number of likely N-dealkylation sites (N-methyl/N-ethyl adjacent to an activating group) is 1. The first-order chi connectivity index (χ1) is 9.15. The molecule has 0 saturated heterocycles. The molecular formula is C14H17FN2O2. The average Bonchev–Trinajstić information content (AvgIpc) is 2.77. The molecule has 0 spiro atoms. The minimum Gasteiger partial charge on any atom is -0.489 e. The van der Waals surface area contributed by atoms with E-state index >= 15 is 0 Å². The minimum absolute atomic E-state index is 0.284. The lowest BCUT2D eigenvalue weighted by Crippen LogP contribution is -2.23. The van der Waals surface area contributed by atoms with E-state index < -0.39 is 0 Å². The summed E-state index contributed by atoms with van der Waals surface area (Å²) in [4.78, 5) is 2.03. The van der Waals surface area contributed by atoms with E-state index in [1.54, 1.807) is 18.2 Å². The molecule has 0 bridgehead atoms. The topological polar surface area (TPSA) is 38.5 Å². The highest BCUT2D eigenvalue weighted by atomic mass is 19.1. The Balaban J connectivity index is 1.75. The van der Waals surface area contributed by atoms with Crippen LogP contribution in [0, 0.1) is 12.7 Å². The highest BCUT2D eigenvalue weighted by molar-refractivity contribution is 5.23. The fraction of sp³-hybridized carbons (Fsp3) is 0.357. The van der Waals surface area contributed by atoms with Gasteiger partial charge in [0.1, 0.15) is 6.61 Å². The predicted molar refractivity (Wildman–Crippen MR) is 69.5 cm³/mol. The Kier molecular flexibility index (Phi) is 4.52. The Morgan fingerprint density at radius 2 is 2.16 bits per heavy atom. The van der Waals surface area contributed by atoms with Crippen LogP contribution in [0.2, 0.25) is 0 Å². The highest BCUT2D eigenvalue weighted by Crippen LogP contribution is 2.15. The van der Waals surface area contributed by atoms with Crippen LogP contribution in [0.4, 0.5) is 4.39 Å². The van der Waals surface area contributed by atoms with Crippen molar-refractivity contribution < 1.29 is 13.7 Å². The molecule has 0 fully saturated rings. The summed E-state index contributed by atoms with van der Waals surface area (Å²) in [6.07, 6.45) is 0. The maximum atomic E-state index is 13.3. The van der Waals surface area contributed by atoms with Crippen molar-refractivity contribution >= 4 is 0 Å². The summed E-state index contributed by atoms with van der Waals surface area (Å²) < 4.78 is 23.8. The maximum Gasteiger partial charge on any atom is 0.165 e. The lowest BCUT2D eigenvalue weighted by molar-refractivity contribution is 0.211. The number of halogens is 1. The van der Waals surface area contributed by atoms with E-state index in [2.05, 4.69) is 5.16 Å². The van der Waals surface area contributed by atoms with E-state index in [1.807, 2.05) is 24.9 Å². The van der Waals surface area contributed by atoms with Gasteiger partial charge in [0.2, 0.25) is 0 Å². The van der Waals surface area contributed by atoms with E-state index in [-0.39, 0.29) is 11.6 Å². The fourth-order valence-corrected chi connectivity index (χ4v) is 1.71. The molecule has 19 heavy (non-hydrogen) atoms. The minimum atomic E-state index is -0.337. The molecule has 5 heteroatoms. The van der Waals surface area contributed by atoms with Gasteiger partial charge < -0.3 is 9.26 Å². The van der Waals surface area contributed by atoms with E-state index in [4.69, 9.17) is 9.26 Å². The van der Waals surface area contributed by atoms with Gasteiger partial charge in [0.25, 0.3) is 0 Å². The third-order valence-corrected chi connectivity index (χ3v) is 2.67. The maximum absolute atomic E-state index is 13.3. The van der Waals surface area contributed by atoms with Gasteiger partial charge in [-0.15, -0.1) is 0 Å². The van der Waals surface area contributed by atoms with E-state index in [0.29, 0.717) is 19.7 Å². The predicted octanol–water partition coefficient (Wildman–Crippen LogP) is 2.63. The van der Waals surface area contributed by atoms with Gasteiger partial charge in [-0.05, 0) is 26.1 Å². The first-order valence-corrected chi connectivity index (χ1v) is 6.13. The number of rotatable bonds is 6. The van der Waals surface area contributed by atoms with Crippen LogP contribution in [0.1, 0.15) is 11.5 Å². The van der Waals surface area contributed by atoms with Crippen molar-refractivity contribution in [2.24, 2.45) is 0 Å². The van der Waals surface area contributed by atoms with Crippen molar-refractivity contribution in [3.8, 4) is 5.75 Å². The smallest absolute Gasteiger partial charge is 0.165 e. The number of para-hydroxylation sites is 1. The molecule has 0 atom stereocenters. The molecule has 1 aromatic heterocycles. The van der Waals surface area contributed by atoms with Crippen molar-refractivity contribution in [3.05, 3.63) is 47.6 Å². The second-order valence-electron chi connectivity index (χ2n) is 4.45. The molecule has 2 rings (SSSR count). The van der Waals surface area contributed by atoms with E-state index in [1.165, 1.54) is 6.07 Å². The second kappa shape index (κ2) is 6.33. The zero-order valence-electron chi connectivity index (χ0n) is 11.1. The van der Waals surface area contributed by atoms with Crippen molar-refractivity contribution in [3.63, 3.8) is 0 Å². The molecule has 0 aliphatic heterocycles. The van der Waals surface area contributed by atoms with Crippen LogP contribution in [0.25, 0.3) is 0 Å². The molecule has 0 unspecified atom stereocenters. The van der Waals surface area contributed by atoms with Gasteiger partial charge in [-0.25, -0.2) is 4.39 Å². The number of ether oxygens (including phenoxy) is 1. The summed E-state index contributed by atoms with van der Waals surface area (Å²) in [6.45, 7) is 3.63. The van der Waals surface area contributed by atoms with Gasteiger partial charge in [0.15, 0.2) is 17.3 Å². The van der Waals surface area contributed by atoms with Crippen LogP contribution in [0.5, 0.6) is 5.75 Å². The normalized spacial score (nSPS) is 10.9. The van der Waals surface area contributed by atoms with E-state index in [9.17, 15) is 4.39 Å². The molecule has 4 nitrogen and oxygen atoms in total. The summed E-state index contributed by atoms with van der Waals surface area (Å²) in [5, 5.41) is 3.83. The van der Waals surface area contributed by atoms with Gasteiger partial charge in [-0.3, -0.25) is 4.90 Å².